The molecule has 3 rings (SSSR count). The van der Waals surface area contributed by atoms with Crippen LogP contribution >= 0.6 is 11.8 Å². The van der Waals surface area contributed by atoms with Gasteiger partial charge in [-0.1, -0.05) is 36.5 Å². The van der Waals surface area contributed by atoms with Gasteiger partial charge in [-0.2, -0.15) is 0 Å². The number of hydrogen-bond acceptors (Lipinski definition) is 4. The number of rotatable bonds is 7. The number of amides is 1. The van der Waals surface area contributed by atoms with Crippen LogP contribution in [-0.4, -0.2) is 41.6 Å². The fourth-order valence-electron chi connectivity index (χ4n) is 3.72. The van der Waals surface area contributed by atoms with Gasteiger partial charge in [-0.05, 0) is 68.3 Å². The number of allylic oxidation sites excluding steroid dienone is 1. The maximum absolute atomic E-state index is 13.2. The van der Waals surface area contributed by atoms with Crippen molar-refractivity contribution in [3.63, 3.8) is 0 Å². The summed E-state index contributed by atoms with van der Waals surface area (Å²) in [6, 6.07) is 8.13. The van der Waals surface area contributed by atoms with E-state index in [9.17, 15) is 9.18 Å². The molecule has 1 amide bonds. The zero-order chi connectivity index (χ0) is 20.8. The molecule has 6 heteroatoms. The lowest BCUT2D eigenvalue weighted by Gasteiger charge is -2.31. The summed E-state index contributed by atoms with van der Waals surface area (Å²) in [6.07, 6.45) is 4.52. The second-order valence-corrected chi connectivity index (χ2v) is 8.42. The number of halogens is 1. The van der Waals surface area contributed by atoms with Crippen LogP contribution < -0.4 is 5.32 Å². The summed E-state index contributed by atoms with van der Waals surface area (Å²) < 4.78 is 13.2. The third-order valence-electron chi connectivity index (χ3n) is 5.20. The molecule has 4 nitrogen and oxygen atoms in total. The molecule has 1 aromatic carbocycles. The van der Waals surface area contributed by atoms with Crippen molar-refractivity contribution in [3.05, 3.63) is 54.1 Å². The quantitative estimate of drug-likeness (QED) is 0.653. The van der Waals surface area contributed by atoms with Crippen LogP contribution in [0, 0.1) is 5.92 Å². The van der Waals surface area contributed by atoms with Crippen molar-refractivity contribution < 1.29 is 9.18 Å². The molecule has 1 aliphatic rings. The summed E-state index contributed by atoms with van der Waals surface area (Å²) in [5, 5.41) is 6.84. The number of carbonyl (C=O) groups is 1. The minimum absolute atomic E-state index is 0.00249. The van der Waals surface area contributed by atoms with E-state index >= 15 is 0 Å². The standard InChI is InChI=1S/C23H28FN3OS/c1-4-21(29-5-2)18-6-7-19-14-25-22(13-20(19)12-18)26-23(28)17-8-10-27(11-9-17)15-16(3)24/h4-7,12-14,16-17H,2,8-11,15H2,1,3H3,(H,25,26,28)/b21-4-/t16-/m0/s1. The Labute approximate surface area is 176 Å². The molecule has 1 aliphatic heterocycles. The number of anilines is 1. The molecule has 0 aliphatic carbocycles. The molecule has 1 atom stereocenters. The molecule has 154 valence electrons. The summed E-state index contributed by atoms with van der Waals surface area (Å²) in [4.78, 5) is 20.3. The number of pyridine rings is 1. The van der Waals surface area contributed by atoms with Crippen molar-refractivity contribution in [3.8, 4) is 0 Å². The first-order valence-electron chi connectivity index (χ1n) is 10.0. The van der Waals surface area contributed by atoms with E-state index in [0.717, 1.165) is 47.2 Å². The van der Waals surface area contributed by atoms with Gasteiger partial charge < -0.3 is 10.2 Å². The third-order valence-corrected chi connectivity index (χ3v) is 6.09. The predicted octanol–water partition coefficient (Wildman–Crippen LogP) is 5.48. The van der Waals surface area contributed by atoms with Crippen LogP contribution in [0.25, 0.3) is 15.7 Å². The Hall–Kier alpha value is -2.18. The molecule has 29 heavy (non-hydrogen) atoms. The largest absolute Gasteiger partial charge is 0.310 e. The Kier molecular flexibility index (Phi) is 7.45. The van der Waals surface area contributed by atoms with Crippen LogP contribution in [0.15, 0.2) is 48.5 Å². The smallest absolute Gasteiger partial charge is 0.228 e. The Bertz CT molecular complexity index is 904. The molecule has 0 spiro atoms. The average Bonchev–Trinajstić information content (AvgIpc) is 2.71. The zero-order valence-corrected chi connectivity index (χ0v) is 17.8. The number of piperidine rings is 1. The van der Waals surface area contributed by atoms with Gasteiger partial charge in [0.15, 0.2) is 0 Å². The van der Waals surface area contributed by atoms with Gasteiger partial charge in [0.2, 0.25) is 5.91 Å². The van der Waals surface area contributed by atoms with Gasteiger partial charge in [-0.3, -0.25) is 4.79 Å². The molecule has 1 saturated heterocycles. The Morgan fingerprint density at radius 2 is 2.14 bits per heavy atom. The highest BCUT2D eigenvalue weighted by Crippen LogP contribution is 2.30. The number of carbonyl (C=O) groups excluding carboxylic acids is 1. The SMILES string of the molecule is C=CS/C(=C\C)c1ccc2cnc(NC(=O)C3CCN(C[C@H](C)F)CC3)cc2c1. The van der Waals surface area contributed by atoms with Gasteiger partial charge in [0.05, 0.1) is 0 Å². The first-order chi connectivity index (χ1) is 14.0. The van der Waals surface area contributed by atoms with Crippen molar-refractivity contribution in [1.29, 1.82) is 0 Å². The van der Waals surface area contributed by atoms with Gasteiger partial charge >= 0.3 is 0 Å². The van der Waals surface area contributed by atoms with Crippen molar-refractivity contribution in [2.45, 2.75) is 32.9 Å². The Morgan fingerprint density at radius 1 is 1.38 bits per heavy atom. The first kappa shape index (κ1) is 21.5. The summed E-state index contributed by atoms with van der Waals surface area (Å²) in [7, 11) is 0. The highest BCUT2D eigenvalue weighted by atomic mass is 32.2. The highest BCUT2D eigenvalue weighted by Gasteiger charge is 2.25. The van der Waals surface area contributed by atoms with E-state index in [-0.39, 0.29) is 11.8 Å². The van der Waals surface area contributed by atoms with Crippen LogP contribution in [0.2, 0.25) is 0 Å². The molecule has 2 aromatic rings. The summed E-state index contributed by atoms with van der Waals surface area (Å²) in [6.45, 7) is 9.33. The van der Waals surface area contributed by atoms with Crippen LogP contribution in [0.1, 0.15) is 32.3 Å². The molecule has 1 fully saturated rings. The monoisotopic (exact) mass is 413 g/mol. The van der Waals surface area contributed by atoms with E-state index in [1.807, 2.05) is 24.5 Å². The summed E-state index contributed by atoms with van der Waals surface area (Å²) in [5.74, 6) is 0.513. The van der Waals surface area contributed by atoms with Gasteiger partial charge in [-0.15, -0.1) is 0 Å². The van der Waals surface area contributed by atoms with E-state index in [1.165, 1.54) is 0 Å². The van der Waals surface area contributed by atoms with Crippen LogP contribution in [0.5, 0.6) is 0 Å². The molecule has 0 unspecified atom stereocenters. The van der Waals surface area contributed by atoms with Crippen LogP contribution in [0.4, 0.5) is 10.2 Å². The average molecular weight is 414 g/mol. The Balaban J connectivity index is 1.68. The number of thioether (sulfide) groups is 1. The van der Waals surface area contributed by atoms with Crippen molar-refractivity contribution in [1.82, 2.24) is 9.88 Å². The second-order valence-electron chi connectivity index (χ2n) is 7.41. The first-order valence-corrected chi connectivity index (χ1v) is 10.9. The molecule has 2 heterocycles. The molecular weight excluding hydrogens is 385 g/mol. The van der Waals surface area contributed by atoms with E-state index < -0.39 is 6.17 Å². The second kappa shape index (κ2) is 10.0. The molecular formula is C23H28FN3OS. The summed E-state index contributed by atoms with van der Waals surface area (Å²) in [5.41, 5.74) is 1.11. The van der Waals surface area contributed by atoms with Gasteiger partial charge in [-0.25, -0.2) is 9.37 Å². The summed E-state index contributed by atoms with van der Waals surface area (Å²) >= 11 is 1.59. The topological polar surface area (TPSA) is 45.2 Å². The van der Waals surface area contributed by atoms with Crippen LogP contribution in [0.3, 0.4) is 0 Å². The number of hydrogen-bond donors (Lipinski definition) is 1. The number of aromatic nitrogens is 1. The lowest BCUT2D eigenvalue weighted by atomic mass is 9.95. The molecule has 0 radical (unpaired) electrons. The van der Waals surface area contributed by atoms with Gasteiger partial charge in [0, 0.05) is 29.0 Å². The van der Waals surface area contributed by atoms with Crippen LogP contribution in [-0.2, 0) is 4.79 Å². The minimum atomic E-state index is -0.833. The Morgan fingerprint density at radius 3 is 2.79 bits per heavy atom. The zero-order valence-electron chi connectivity index (χ0n) is 17.0. The molecule has 0 saturated carbocycles. The third kappa shape index (κ3) is 5.67. The normalized spacial score (nSPS) is 17.3. The highest BCUT2D eigenvalue weighted by molar-refractivity contribution is 8.10. The number of fused-ring (bicyclic) bond motifs is 1. The van der Waals surface area contributed by atoms with E-state index in [2.05, 4.69) is 40.0 Å². The number of likely N-dealkylation sites (tertiary alicyclic amines) is 1. The van der Waals surface area contributed by atoms with Gasteiger partial charge in [0.25, 0.3) is 0 Å². The maximum atomic E-state index is 13.2. The van der Waals surface area contributed by atoms with Gasteiger partial charge in [0.1, 0.15) is 12.0 Å². The van der Waals surface area contributed by atoms with E-state index in [0.29, 0.717) is 12.4 Å². The number of benzene rings is 1. The lowest BCUT2D eigenvalue weighted by molar-refractivity contribution is -0.121. The number of nitrogens with one attached hydrogen (secondary N) is 1. The molecule has 1 N–H and O–H groups in total. The maximum Gasteiger partial charge on any atom is 0.228 e. The van der Waals surface area contributed by atoms with Crippen molar-refractivity contribution in [2.75, 3.05) is 25.0 Å². The lowest BCUT2D eigenvalue weighted by Crippen LogP contribution is -2.40. The number of nitrogens with zero attached hydrogens (tertiary/aromatic N) is 2. The molecule has 0 bridgehead atoms. The van der Waals surface area contributed by atoms with E-state index in [4.69, 9.17) is 0 Å². The van der Waals surface area contributed by atoms with E-state index in [1.54, 1.807) is 24.9 Å². The minimum Gasteiger partial charge on any atom is -0.310 e. The molecule has 1 aromatic heterocycles. The fourth-order valence-corrected chi connectivity index (χ4v) is 4.30. The van der Waals surface area contributed by atoms with Crippen molar-refractivity contribution >= 4 is 39.2 Å². The number of alkyl halides is 1. The predicted molar refractivity (Wildman–Crippen MR) is 122 cm³/mol. The fraction of sp³-hybridized carbons (Fsp3) is 0.391. The van der Waals surface area contributed by atoms with Crippen molar-refractivity contribution in [2.24, 2.45) is 5.92 Å².